The molecule has 0 heterocycles. The highest BCUT2D eigenvalue weighted by Crippen LogP contribution is 1.86. The topological polar surface area (TPSA) is 35.5 Å². The molecule has 0 aromatic heterocycles. The Bertz CT molecular complexity index is 53.6. The second kappa shape index (κ2) is 6.43. The second-order valence-electron chi connectivity index (χ2n) is 1.34. The van der Waals surface area contributed by atoms with Crippen LogP contribution in [0.1, 0.15) is 19.8 Å². The molecule has 3 heteroatoms. The molecule has 0 fully saturated rings. The van der Waals surface area contributed by atoms with Gasteiger partial charge in [-0.1, -0.05) is 13.3 Å². The van der Waals surface area contributed by atoms with E-state index >= 15 is 0 Å². The van der Waals surface area contributed by atoms with E-state index in [1.54, 1.807) is 0 Å². The van der Waals surface area contributed by atoms with Gasteiger partial charge >= 0.3 is 6.47 Å². The third-order valence-electron chi connectivity index (χ3n) is 0.674. The number of hydrogen-bond acceptors (Lipinski definition) is 3. The molecule has 8 heavy (non-hydrogen) atoms. The largest absolute Gasteiger partial charge is 0.453 e. The Morgan fingerprint density at radius 1 is 1.62 bits per heavy atom. The average Bonchev–Trinajstić information content (AvgIpc) is 1.81. The van der Waals surface area contributed by atoms with Crippen LogP contribution in [0.2, 0.25) is 0 Å². The fourth-order valence-corrected chi connectivity index (χ4v) is 0.269. The molecule has 0 amide bonds. The maximum absolute atomic E-state index is 9.30. The van der Waals surface area contributed by atoms with E-state index in [-0.39, 0.29) is 0 Å². The van der Waals surface area contributed by atoms with Crippen LogP contribution in [0, 0.1) is 0 Å². The second-order valence-corrected chi connectivity index (χ2v) is 1.34. The number of hydrogen-bond donors (Lipinski definition) is 0. The van der Waals surface area contributed by atoms with E-state index in [0.717, 1.165) is 19.3 Å². The van der Waals surface area contributed by atoms with Crippen molar-refractivity contribution in [2.45, 2.75) is 19.8 Å². The van der Waals surface area contributed by atoms with E-state index in [4.69, 9.17) is 0 Å². The van der Waals surface area contributed by atoms with Crippen LogP contribution in [0.5, 0.6) is 0 Å². The van der Waals surface area contributed by atoms with Gasteiger partial charge in [0, 0.05) is 0 Å². The van der Waals surface area contributed by atoms with Gasteiger partial charge in [-0.2, -0.15) is 4.89 Å². The summed E-state index contributed by atoms with van der Waals surface area (Å²) in [5, 5.41) is 0. The van der Waals surface area contributed by atoms with Crippen molar-refractivity contribution in [2.75, 3.05) is 6.61 Å². The van der Waals surface area contributed by atoms with Crippen molar-refractivity contribution in [1.82, 2.24) is 0 Å². The summed E-state index contributed by atoms with van der Waals surface area (Å²) in [6, 6.07) is 0. The minimum absolute atomic E-state index is 0.464. The van der Waals surface area contributed by atoms with E-state index in [0.29, 0.717) is 6.61 Å². The summed E-state index contributed by atoms with van der Waals surface area (Å²) in [5.41, 5.74) is 0. The zero-order valence-electron chi connectivity index (χ0n) is 4.85. The summed E-state index contributed by atoms with van der Waals surface area (Å²) in [6.07, 6.45) is 1.93. The molecular formula is C5H9O3. The van der Waals surface area contributed by atoms with Gasteiger partial charge in [-0.25, -0.2) is 4.79 Å². The maximum atomic E-state index is 9.30. The molecule has 0 rings (SSSR count). The van der Waals surface area contributed by atoms with Crippen molar-refractivity contribution in [1.29, 1.82) is 0 Å². The lowest BCUT2D eigenvalue weighted by atomic mass is 10.4. The minimum atomic E-state index is 0.464. The van der Waals surface area contributed by atoms with Crippen LogP contribution in [0.3, 0.4) is 0 Å². The first-order valence-electron chi connectivity index (χ1n) is 2.57. The molecule has 0 saturated heterocycles. The summed E-state index contributed by atoms with van der Waals surface area (Å²) in [4.78, 5) is 17.4. The van der Waals surface area contributed by atoms with E-state index in [1.807, 2.05) is 6.92 Å². The lowest BCUT2D eigenvalue weighted by molar-refractivity contribution is -0.222. The third-order valence-corrected chi connectivity index (χ3v) is 0.674. The van der Waals surface area contributed by atoms with Crippen LogP contribution >= 0.6 is 0 Å². The molecule has 0 saturated carbocycles. The first-order chi connectivity index (χ1) is 3.91. The Kier molecular flexibility index (Phi) is 5.97. The van der Waals surface area contributed by atoms with E-state index in [2.05, 4.69) is 9.78 Å². The number of unbranched alkanes of at least 4 members (excludes halogenated alkanes) is 1. The number of rotatable bonds is 5. The summed E-state index contributed by atoms with van der Waals surface area (Å²) in [7, 11) is 0. The lowest BCUT2D eigenvalue weighted by Crippen LogP contribution is -1.93. The third kappa shape index (κ3) is 5.43. The Labute approximate surface area is 48.5 Å². The van der Waals surface area contributed by atoms with Crippen molar-refractivity contribution in [2.24, 2.45) is 0 Å². The highest BCUT2D eigenvalue weighted by atomic mass is 17.2. The van der Waals surface area contributed by atoms with Gasteiger partial charge in [-0.05, 0) is 6.42 Å². The first-order valence-corrected chi connectivity index (χ1v) is 2.57. The van der Waals surface area contributed by atoms with Gasteiger partial charge < -0.3 is 0 Å². The molecule has 0 atom stereocenters. The predicted octanol–water partition coefficient (Wildman–Crippen LogP) is 0.802. The van der Waals surface area contributed by atoms with Crippen LogP contribution in [-0.2, 0) is 14.6 Å². The number of carbonyl (C=O) groups excluding carboxylic acids is 1. The van der Waals surface area contributed by atoms with E-state index in [9.17, 15) is 4.79 Å². The normalized spacial score (nSPS) is 8.62. The molecule has 0 bridgehead atoms. The maximum Gasteiger partial charge on any atom is 0.453 e. The molecule has 0 aromatic rings. The summed E-state index contributed by atoms with van der Waals surface area (Å²) < 4.78 is 0. The fourth-order valence-electron chi connectivity index (χ4n) is 0.269. The van der Waals surface area contributed by atoms with Crippen molar-refractivity contribution in [3.8, 4) is 0 Å². The SMILES string of the molecule is CCCCOO[C]=O. The van der Waals surface area contributed by atoms with Crippen LogP contribution in [0.15, 0.2) is 0 Å². The Morgan fingerprint density at radius 2 is 2.38 bits per heavy atom. The molecule has 0 spiro atoms. The molecule has 0 aliphatic rings. The molecular weight excluding hydrogens is 108 g/mol. The monoisotopic (exact) mass is 117 g/mol. The Balaban J connectivity index is 2.62. The van der Waals surface area contributed by atoms with Gasteiger partial charge in [0.15, 0.2) is 0 Å². The molecule has 0 aliphatic heterocycles. The quantitative estimate of drug-likeness (QED) is 0.303. The van der Waals surface area contributed by atoms with Gasteiger partial charge in [0.05, 0.1) is 6.61 Å². The van der Waals surface area contributed by atoms with Gasteiger partial charge in [-0.3, -0.25) is 4.89 Å². The molecule has 1 radical (unpaired) electrons. The van der Waals surface area contributed by atoms with E-state index in [1.165, 1.54) is 0 Å². The summed E-state index contributed by atoms with van der Waals surface area (Å²) in [5.74, 6) is 0. The van der Waals surface area contributed by atoms with Gasteiger partial charge in [0.25, 0.3) is 0 Å². The smallest absolute Gasteiger partial charge is 0.285 e. The highest BCUT2D eigenvalue weighted by Gasteiger charge is 1.83. The van der Waals surface area contributed by atoms with Gasteiger partial charge in [0.1, 0.15) is 0 Å². The van der Waals surface area contributed by atoms with Gasteiger partial charge in [-0.15, -0.1) is 0 Å². The van der Waals surface area contributed by atoms with Crippen LogP contribution < -0.4 is 0 Å². The van der Waals surface area contributed by atoms with Crippen LogP contribution in [0.4, 0.5) is 0 Å². The van der Waals surface area contributed by atoms with Crippen molar-refractivity contribution < 1.29 is 14.6 Å². The predicted molar refractivity (Wildman–Crippen MR) is 27.6 cm³/mol. The zero-order chi connectivity index (χ0) is 6.24. The molecule has 0 aromatic carbocycles. The molecule has 0 unspecified atom stereocenters. The Hall–Kier alpha value is -0.570. The Morgan fingerprint density at radius 3 is 2.88 bits per heavy atom. The standard InChI is InChI=1S/C5H9O3/c1-2-3-4-7-8-5-6/h2-4H2,1H3. The first kappa shape index (κ1) is 7.43. The average molecular weight is 117 g/mol. The molecule has 0 aliphatic carbocycles. The summed E-state index contributed by atoms with van der Waals surface area (Å²) >= 11 is 0. The fraction of sp³-hybridized carbons (Fsp3) is 0.800. The van der Waals surface area contributed by atoms with Crippen LogP contribution in [-0.4, -0.2) is 13.1 Å². The molecule has 0 N–H and O–H groups in total. The van der Waals surface area contributed by atoms with E-state index < -0.39 is 0 Å². The van der Waals surface area contributed by atoms with Crippen molar-refractivity contribution >= 4 is 6.47 Å². The lowest BCUT2D eigenvalue weighted by Gasteiger charge is -1.92. The summed E-state index contributed by atoms with van der Waals surface area (Å²) in [6.45, 7) is 3.64. The van der Waals surface area contributed by atoms with Crippen molar-refractivity contribution in [3.05, 3.63) is 0 Å². The molecule has 47 valence electrons. The van der Waals surface area contributed by atoms with Gasteiger partial charge in [0.2, 0.25) is 0 Å². The van der Waals surface area contributed by atoms with Crippen molar-refractivity contribution in [3.63, 3.8) is 0 Å². The van der Waals surface area contributed by atoms with Crippen LogP contribution in [0.25, 0.3) is 0 Å². The molecule has 3 nitrogen and oxygen atoms in total. The minimum Gasteiger partial charge on any atom is -0.285 e. The highest BCUT2D eigenvalue weighted by molar-refractivity contribution is 5.36. The zero-order valence-corrected chi connectivity index (χ0v) is 4.85.